The lowest BCUT2D eigenvalue weighted by Crippen LogP contribution is -2.45. The lowest BCUT2D eigenvalue weighted by Gasteiger charge is -2.28. The van der Waals surface area contributed by atoms with Crippen LogP contribution in [0.1, 0.15) is 52.4 Å². The van der Waals surface area contributed by atoms with Gasteiger partial charge in [-0.1, -0.05) is 33.1 Å². The second-order valence-corrected chi connectivity index (χ2v) is 18.0. The van der Waals surface area contributed by atoms with E-state index in [4.69, 9.17) is 40.8 Å². The number of rotatable bonds is 35. The maximum absolute atomic E-state index is 10.7. The molecule has 0 aliphatic heterocycles. The molecule has 0 fully saturated rings. The van der Waals surface area contributed by atoms with Crippen LogP contribution in [-0.4, -0.2) is 171 Å². The highest BCUT2D eigenvalue weighted by Crippen LogP contribution is 2.16. The van der Waals surface area contributed by atoms with Crippen LogP contribution in [0.4, 0.5) is 0 Å². The first-order valence-electron chi connectivity index (χ1n) is 17.1. The van der Waals surface area contributed by atoms with E-state index in [1.165, 1.54) is 12.8 Å². The highest BCUT2D eigenvalue weighted by atomic mass is 28.4. The lowest BCUT2D eigenvalue weighted by molar-refractivity contribution is -0.0109. The van der Waals surface area contributed by atoms with Gasteiger partial charge in [0, 0.05) is 107 Å². The molecule has 47 heavy (non-hydrogen) atoms. The number of ether oxygens (including phenoxy) is 3. The number of unbranched alkanes of at least 4 members (excludes halogenated alkanes) is 1. The van der Waals surface area contributed by atoms with E-state index < -0.39 is 35.9 Å². The largest absolute Gasteiger partial charge is 0.500 e. The summed E-state index contributed by atoms with van der Waals surface area (Å²) >= 11 is 0. The third kappa shape index (κ3) is 22.3. The van der Waals surface area contributed by atoms with Gasteiger partial charge in [0.05, 0.1) is 38.1 Å². The number of aliphatic hydroxyl groups is 3. The zero-order valence-electron chi connectivity index (χ0n) is 30.7. The molecule has 16 heteroatoms. The molecule has 0 aromatic carbocycles. The van der Waals surface area contributed by atoms with Gasteiger partial charge in [0.15, 0.2) is 0 Å². The molecule has 4 atom stereocenters. The van der Waals surface area contributed by atoms with E-state index in [1.807, 2.05) is 4.90 Å². The molecule has 0 bridgehead atoms. The Balaban J connectivity index is 4.75. The summed E-state index contributed by atoms with van der Waals surface area (Å²) in [6.07, 6.45) is 3.81. The van der Waals surface area contributed by atoms with Gasteiger partial charge in [0.25, 0.3) is 0 Å². The molecule has 0 saturated heterocycles. The zero-order chi connectivity index (χ0) is 35.4. The van der Waals surface area contributed by atoms with E-state index in [2.05, 4.69) is 19.2 Å². The van der Waals surface area contributed by atoms with Crippen molar-refractivity contribution in [1.29, 1.82) is 0 Å². The standard InChI is InChI=1S/C31H70N2O12Si2/c1-9-11-14-28(10-2)24-45-25-29(34)21-32-15-16-33(22-30(35)26-43-17-12-19-46(37-3,38-4)39-5)23-31(36)27-44-18-13-20-47(40-6,41-7)42-8/h28-32,34-36H,9-27H2,1-8H3. The van der Waals surface area contributed by atoms with Gasteiger partial charge < -0.3 is 61.4 Å². The Bertz CT molecular complexity index is 644. The van der Waals surface area contributed by atoms with Crippen molar-refractivity contribution in [2.45, 2.75) is 82.8 Å². The molecule has 0 saturated carbocycles. The zero-order valence-corrected chi connectivity index (χ0v) is 32.7. The van der Waals surface area contributed by atoms with Crippen LogP contribution in [0.5, 0.6) is 0 Å². The predicted octanol–water partition coefficient (Wildman–Crippen LogP) is 1.76. The van der Waals surface area contributed by atoms with Gasteiger partial charge in [-0.2, -0.15) is 0 Å². The van der Waals surface area contributed by atoms with Crippen LogP contribution in [0.15, 0.2) is 0 Å². The molecule has 0 spiro atoms. The van der Waals surface area contributed by atoms with Crippen LogP contribution in [0, 0.1) is 5.92 Å². The summed E-state index contributed by atoms with van der Waals surface area (Å²) in [6, 6.07) is 1.22. The summed E-state index contributed by atoms with van der Waals surface area (Å²) in [5.74, 6) is 0.530. The van der Waals surface area contributed by atoms with E-state index in [0.29, 0.717) is 83.4 Å². The first-order chi connectivity index (χ1) is 22.6. The summed E-state index contributed by atoms with van der Waals surface area (Å²) in [7, 11) is 4.15. The van der Waals surface area contributed by atoms with Gasteiger partial charge in [-0.05, 0) is 25.2 Å². The normalized spacial score (nSPS) is 15.3. The average molecular weight is 719 g/mol. The highest BCUT2D eigenvalue weighted by molar-refractivity contribution is 6.60. The minimum absolute atomic E-state index is 0.148. The molecule has 0 aliphatic rings. The Morgan fingerprint density at radius 2 is 1.09 bits per heavy atom. The topological polar surface area (TPSA) is 159 Å². The summed E-state index contributed by atoms with van der Waals surface area (Å²) in [6.45, 7) is 8.58. The molecule has 0 amide bonds. The second-order valence-electron chi connectivity index (χ2n) is 11.8. The number of hydrogen-bond donors (Lipinski definition) is 4. The van der Waals surface area contributed by atoms with E-state index in [1.54, 1.807) is 42.7 Å². The first kappa shape index (κ1) is 46.9. The molecule has 0 heterocycles. The molecule has 0 rings (SSSR count). The molecule has 14 nitrogen and oxygen atoms in total. The van der Waals surface area contributed by atoms with Crippen LogP contribution in [0.25, 0.3) is 0 Å². The fraction of sp³-hybridized carbons (Fsp3) is 1.00. The predicted molar refractivity (Wildman–Crippen MR) is 186 cm³/mol. The van der Waals surface area contributed by atoms with Crippen LogP contribution < -0.4 is 5.32 Å². The van der Waals surface area contributed by atoms with Crippen LogP contribution in [0.3, 0.4) is 0 Å². The van der Waals surface area contributed by atoms with E-state index in [0.717, 1.165) is 12.8 Å². The number of nitrogens with one attached hydrogen (secondary N) is 1. The van der Waals surface area contributed by atoms with Gasteiger partial charge in [-0.3, -0.25) is 4.90 Å². The number of aliphatic hydroxyl groups excluding tert-OH is 3. The summed E-state index contributed by atoms with van der Waals surface area (Å²) < 4.78 is 49.9. The molecule has 0 radical (unpaired) electrons. The second kappa shape index (κ2) is 29.6. The summed E-state index contributed by atoms with van der Waals surface area (Å²) in [5.41, 5.74) is 0. The third-order valence-electron chi connectivity index (χ3n) is 8.16. The van der Waals surface area contributed by atoms with Crippen molar-refractivity contribution in [3.63, 3.8) is 0 Å². The number of hydrogen-bond acceptors (Lipinski definition) is 14. The van der Waals surface area contributed by atoms with Crippen molar-refractivity contribution in [2.75, 3.05) is 115 Å². The van der Waals surface area contributed by atoms with Crippen molar-refractivity contribution in [1.82, 2.24) is 10.2 Å². The molecule has 0 aromatic heterocycles. The Morgan fingerprint density at radius 1 is 0.617 bits per heavy atom. The smallest absolute Gasteiger partial charge is 0.389 e. The van der Waals surface area contributed by atoms with Crippen molar-refractivity contribution in [3.8, 4) is 0 Å². The lowest BCUT2D eigenvalue weighted by atomic mass is 10.0. The number of nitrogens with zero attached hydrogens (tertiary/aromatic N) is 1. The van der Waals surface area contributed by atoms with Crippen molar-refractivity contribution in [2.24, 2.45) is 5.92 Å². The fourth-order valence-corrected chi connectivity index (χ4v) is 8.50. The Labute approximate surface area is 287 Å². The quantitative estimate of drug-likeness (QED) is 0.0555. The van der Waals surface area contributed by atoms with E-state index in [-0.39, 0.29) is 19.8 Å². The minimum atomic E-state index is -2.66. The maximum atomic E-state index is 10.7. The van der Waals surface area contributed by atoms with Gasteiger partial charge >= 0.3 is 17.6 Å². The Kier molecular flexibility index (Phi) is 29.5. The fourth-order valence-electron chi connectivity index (χ4n) is 5.12. The van der Waals surface area contributed by atoms with Gasteiger partial charge in [0.2, 0.25) is 0 Å². The molecule has 4 N–H and O–H groups in total. The van der Waals surface area contributed by atoms with Gasteiger partial charge in [-0.25, -0.2) is 0 Å². The molecular formula is C31H70N2O12Si2. The van der Waals surface area contributed by atoms with Gasteiger partial charge in [-0.15, -0.1) is 0 Å². The van der Waals surface area contributed by atoms with Gasteiger partial charge in [0.1, 0.15) is 0 Å². The molecule has 4 unspecified atom stereocenters. The first-order valence-corrected chi connectivity index (χ1v) is 21.0. The molecule has 0 aromatic rings. The van der Waals surface area contributed by atoms with Crippen LogP contribution in [0.2, 0.25) is 12.1 Å². The van der Waals surface area contributed by atoms with Crippen molar-refractivity contribution >= 4 is 17.6 Å². The summed E-state index contributed by atoms with van der Waals surface area (Å²) in [5, 5.41) is 35.1. The van der Waals surface area contributed by atoms with Crippen molar-refractivity contribution in [3.05, 3.63) is 0 Å². The summed E-state index contributed by atoms with van der Waals surface area (Å²) in [4.78, 5) is 1.97. The van der Waals surface area contributed by atoms with E-state index >= 15 is 0 Å². The van der Waals surface area contributed by atoms with Crippen molar-refractivity contribution < 1.29 is 56.1 Å². The third-order valence-corrected chi connectivity index (χ3v) is 13.8. The molecule has 284 valence electrons. The minimum Gasteiger partial charge on any atom is -0.389 e. The van der Waals surface area contributed by atoms with Crippen LogP contribution >= 0.6 is 0 Å². The average Bonchev–Trinajstić information content (AvgIpc) is 3.08. The highest BCUT2D eigenvalue weighted by Gasteiger charge is 2.37. The Morgan fingerprint density at radius 3 is 1.51 bits per heavy atom. The molecular weight excluding hydrogens is 649 g/mol. The molecule has 0 aliphatic carbocycles. The SMILES string of the molecule is CCCCC(CC)COCC(O)CNCCN(CC(O)COCCC[Si](OC)(OC)OC)CC(O)COCCC[Si](OC)(OC)OC. The Hall–Kier alpha value is -0.126. The monoisotopic (exact) mass is 718 g/mol. The van der Waals surface area contributed by atoms with Crippen LogP contribution in [-0.2, 0) is 40.8 Å². The maximum Gasteiger partial charge on any atom is 0.500 e. The van der Waals surface area contributed by atoms with E-state index in [9.17, 15) is 15.3 Å².